The maximum atomic E-state index is 3.97. The highest BCUT2D eigenvalue weighted by atomic mass is 15.2. The fraction of sp³-hybridized carbons (Fsp3) is 0.0943. The van der Waals surface area contributed by atoms with Gasteiger partial charge in [0.1, 0.15) is 6.17 Å². The minimum atomic E-state index is -0.0726. The van der Waals surface area contributed by atoms with Crippen molar-refractivity contribution in [2.45, 2.75) is 31.8 Å². The number of aryl methyl sites for hydroxylation is 2. The summed E-state index contributed by atoms with van der Waals surface area (Å²) in [4.78, 5) is 0. The Bertz CT molecular complexity index is 2920. The van der Waals surface area contributed by atoms with Crippen LogP contribution in [-0.2, 0) is 12.8 Å². The van der Waals surface area contributed by atoms with Crippen LogP contribution in [-0.4, -0.2) is 9.13 Å². The highest BCUT2D eigenvalue weighted by Gasteiger charge is 2.26. The normalized spacial score (nSPS) is 16.0. The summed E-state index contributed by atoms with van der Waals surface area (Å²) in [5, 5.41) is 6.65. The standard InChI is InChI=1S/C53H41N3/c1-4-15-36(16-5-1)39-21-14-22-43(31-39)55-49-25-12-11-24-45(49)47-32-40(28-30-51(47)55)41-27-29-46-44-23-10-13-26-50(44)56(52(46)34-41)53-35-42(37-17-6-2-7-18-37)33-48(54-53)38-19-8-3-9-20-38/h1-9,12-22,25-35,53-54H,10-11,23-24H2. The highest BCUT2D eigenvalue weighted by Crippen LogP contribution is 2.41. The predicted molar refractivity (Wildman–Crippen MR) is 235 cm³/mol. The lowest BCUT2D eigenvalue weighted by Crippen LogP contribution is -2.27. The maximum absolute atomic E-state index is 3.97. The van der Waals surface area contributed by atoms with Gasteiger partial charge in [-0.1, -0.05) is 133 Å². The zero-order valence-corrected chi connectivity index (χ0v) is 31.2. The zero-order valence-electron chi connectivity index (χ0n) is 31.2. The summed E-state index contributed by atoms with van der Waals surface area (Å²) in [6, 6.07) is 55.4. The molecule has 3 nitrogen and oxygen atoms in total. The van der Waals surface area contributed by atoms with E-state index in [2.05, 4.69) is 203 Å². The first-order chi connectivity index (χ1) is 27.8. The van der Waals surface area contributed by atoms with E-state index in [0.29, 0.717) is 0 Å². The molecule has 268 valence electrons. The molecule has 0 fully saturated rings. The van der Waals surface area contributed by atoms with Gasteiger partial charge in [0.05, 0.1) is 11.0 Å². The zero-order chi connectivity index (χ0) is 37.0. The third kappa shape index (κ3) is 5.50. The van der Waals surface area contributed by atoms with Gasteiger partial charge in [0, 0.05) is 33.5 Å². The van der Waals surface area contributed by atoms with Crippen LogP contribution >= 0.6 is 0 Å². The van der Waals surface area contributed by atoms with Crippen LogP contribution in [0.25, 0.3) is 73.2 Å². The second kappa shape index (κ2) is 13.5. The molecule has 3 heteroatoms. The number of rotatable bonds is 6. The van der Waals surface area contributed by atoms with Gasteiger partial charge < -0.3 is 14.5 Å². The summed E-state index contributed by atoms with van der Waals surface area (Å²) in [5.74, 6) is 0. The second-order valence-corrected chi connectivity index (χ2v) is 15.2. The van der Waals surface area contributed by atoms with Gasteiger partial charge in [0.15, 0.2) is 0 Å². The van der Waals surface area contributed by atoms with Crippen molar-refractivity contribution < 1.29 is 0 Å². The molecule has 0 spiro atoms. The van der Waals surface area contributed by atoms with Crippen LogP contribution in [0.3, 0.4) is 0 Å². The molecule has 0 radical (unpaired) electrons. The van der Waals surface area contributed by atoms with Crippen molar-refractivity contribution in [3.05, 3.63) is 210 Å². The molecule has 0 bridgehead atoms. The summed E-state index contributed by atoms with van der Waals surface area (Å²) in [7, 11) is 0. The van der Waals surface area contributed by atoms with Crippen LogP contribution < -0.4 is 5.32 Å². The average molecular weight is 720 g/mol. The summed E-state index contributed by atoms with van der Waals surface area (Å²) in [6.45, 7) is 0. The smallest absolute Gasteiger partial charge is 0.124 e. The monoisotopic (exact) mass is 719 g/mol. The molecule has 6 aromatic carbocycles. The second-order valence-electron chi connectivity index (χ2n) is 15.2. The minimum absolute atomic E-state index is 0.0726. The van der Waals surface area contributed by atoms with Crippen molar-refractivity contribution in [3.63, 3.8) is 0 Å². The average Bonchev–Trinajstić information content (AvgIpc) is 3.79. The van der Waals surface area contributed by atoms with Crippen molar-refractivity contribution in [2.75, 3.05) is 0 Å². The van der Waals surface area contributed by atoms with Crippen LogP contribution in [0, 0.1) is 0 Å². The molecule has 0 saturated carbocycles. The van der Waals surface area contributed by atoms with Gasteiger partial charge in [-0.05, 0) is 130 Å². The summed E-state index contributed by atoms with van der Waals surface area (Å²) in [6.07, 6.45) is 18.2. The van der Waals surface area contributed by atoms with Gasteiger partial charge in [-0.3, -0.25) is 0 Å². The molecule has 1 N–H and O–H groups in total. The van der Waals surface area contributed by atoms with E-state index in [0.717, 1.165) is 31.4 Å². The van der Waals surface area contributed by atoms with Gasteiger partial charge in [-0.15, -0.1) is 0 Å². The lowest BCUT2D eigenvalue weighted by molar-refractivity contribution is 0.569. The van der Waals surface area contributed by atoms with Gasteiger partial charge in [-0.25, -0.2) is 0 Å². The van der Waals surface area contributed by atoms with E-state index >= 15 is 0 Å². The Kier molecular flexibility index (Phi) is 7.84. The maximum Gasteiger partial charge on any atom is 0.124 e. The van der Waals surface area contributed by atoms with Crippen molar-refractivity contribution in [3.8, 4) is 27.9 Å². The first kappa shape index (κ1) is 32.6. The van der Waals surface area contributed by atoms with Crippen molar-refractivity contribution in [2.24, 2.45) is 0 Å². The van der Waals surface area contributed by atoms with Crippen LogP contribution in [0.2, 0.25) is 0 Å². The number of allylic oxidation sites excluding steroid dienone is 4. The van der Waals surface area contributed by atoms with E-state index in [9.17, 15) is 0 Å². The Balaban J connectivity index is 1.05. The van der Waals surface area contributed by atoms with E-state index in [4.69, 9.17) is 0 Å². The molecule has 1 unspecified atom stereocenters. The Morgan fingerprint density at radius 3 is 1.88 bits per heavy atom. The van der Waals surface area contributed by atoms with Crippen molar-refractivity contribution >= 4 is 45.2 Å². The molecule has 11 rings (SSSR count). The van der Waals surface area contributed by atoms with E-state index in [1.807, 2.05) is 0 Å². The van der Waals surface area contributed by atoms with E-state index in [-0.39, 0.29) is 6.17 Å². The molecular formula is C53H41N3. The molecular weight excluding hydrogens is 679 g/mol. The molecule has 8 aromatic rings. The molecule has 0 saturated heterocycles. The topological polar surface area (TPSA) is 21.9 Å². The number of fused-ring (bicyclic) bond motifs is 6. The summed E-state index contributed by atoms with van der Waals surface area (Å²) in [5.41, 5.74) is 18.9. The molecule has 3 aliphatic rings. The Morgan fingerprint density at radius 1 is 0.482 bits per heavy atom. The van der Waals surface area contributed by atoms with Crippen LogP contribution in [0.1, 0.15) is 52.6 Å². The summed E-state index contributed by atoms with van der Waals surface area (Å²) < 4.78 is 5.01. The Hall–Kier alpha value is -6.84. The van der Waals surface area contributed by atoms with Gasteiger partial charge >= 0.3 is 0 Å². The van der Waals surface area contributed by atoms with Gasteiger partial charge in [0.25, 0.3) is 0 Å². The van der Waals surface area contributed by atoms with E-state index < -0.39 is 0 Å². The molecule has 56 heavy (non-hydrogen) atoms. The van der Waals surface area contributed by atoms with E-state index in [1.54, 1.807) is 0 Å². The molecule has 2 aromatic heterocycles. The molecule has 1 atom stereocenters. The number of nitrogens with one attached hydrogen (secondary N) is 1. The fourth-order valence-electron chi connectivity index (χ4n) is 9.24. The van der Waals surface area contributed by atoms with Gasteiger partial charge in [-0.2, -0.15) is 0 Å². The van der Waals surface area contributed by atoms with E-state index in [1.165, 1.54) is 89.0 Å². The lowest BCUT2D eigenvalue weighted by Gasteiger charge is -2.29. The number of dihydropyridines is 1. The largest absolute Gasteiger partial charge is 0.361 e. The number of nitrogens with zero attached hydrogens (tertiary/aromatic N) is 2. The number of benzene rings is 6. The Morgan fingerprint density at radius 2 is 1.11 bits per heavy atom. The SMILES string of the molecule is C1=Cc2c(c3cc(-c4ccc5c6c(n(C7C=C(c8ccccc8)C=C(c8ccccc8)N7)c5c4)C=CCC6)ccc3n2-c2cccc(-c3ccccc3)c2)CC1. The highest BCUT2D eigenvalue weighted by molar-refractivity contribution is 5.97. The molecule has 1 aliphatic heterocycles. The van der Waals surface area contributed by atoms with Crippen LogP contribution in [0.15, 0.2) is 176 Å². The number of hydrogen-bond acceptors (Lipinski definition) is 1. The third-order valence-electron chi connectivity index (χ3n) is 11.9. The van der Waals surface area contributed by atoms with Gasteiger partial charge in [0.2, 0.25) is 0 Å². The first-order valence-electron chi connectivity index (χ1n) is 19.9. The molecule has 2 aliphatic carbocycles. The fourth-order valence-corrected chi connectivity index (χ4v) is 9.24. The lowest BCUT2D eigenvalue weighted by atomic mass is 9.96. The minimum Gasteiger partial charge on any atom is -0.361 e. The first-order valence-corrected chi connectivity index (χ1v) is 19.9. The van der Waals surface area contributed by atoms with Crippen molar-refractivity contribution in [1.29, 1.82) is 0 Å². The number of hydrogen-bond donors (Lipinski definition) is 1. The Labute approximate surface area is 327 Å². The predicted octanol–water partition coefficient (Wildman–Crippen LogP) is 13.1. The van der Waals surface area contributed by atoms with Crippen LogP contribution in [0.4, 0.5) is 0 Å². The summed E-state index contributed by atoms with van der Waals surface area (Å²) >= 11 is 0. The third-order valence-corrected chi connectivity index (χ3v) is 11.9. The molecule has 3 heterocycles. The van der Waals surface area contributed by atoms with Crippen molar-refractivity contribution in [1.82, 2.24) is 14.5 Å². The quantitative estimate of drug-likeness (QED) is 0.182. The van der Waals surface area contributed by atoms with Crippen LogP contribution in [0.5, 0.6) is 0 Å². The molecule has 0 amide bonds. The number of aromatic nitrogens is 2.